The minimum atomic E-state index is -4.93. The van der Waals surface area contributed by atoms with Gasteiger partial charge >= 0.3 is 12.1 Å². The van der Waals surface area contributed by atoms with Crippen LogP contribution in [0.15, 0.2) is 90.5 Å². The van der Waals surface area contributed by atoms with E-state index in [9.17, 15) is 18.0 Å². The van der Waals surface area contributed by atoms with E-state index in [4.69, 9.17) is 5.11 Å². The van der Waals surface area contributed by atoms with Crippen LogP contribution < -0.4 is 4.90 Å². The molecule has 3 aromatic rings. The number of hydrogen-bond donors (Lipinski definition) is 1. The summed E-state index contributed by atoms with van der Waals surface area (Å²) >= 11 is 0. The number of anilines is 3. The van der Waals surface area contributed by atoms with Crippen LogP contribution >= 0.6 is 0 Å². The summed E-state index contributed by atoms with van der Waals surface area (Å²) in [5.74, 6) is -2.01. The number of carbonyl (C=O) groups is 1. The number of alkyl halides is 3. The highest BCUT2D eigenvalue weighted by Crippen LogP contribution is 2.34. The van der Waals surface area contributed by atoms with Crippen molar-refractivity contribution >= 4 is 29.1 Å². The van der Waals surface area contributed by atoms with Crippen LogP contribution in [-0.4, -0.2) is 17.3 Å². The number of nitrogens with zero attached hydrogens (tertiary/aromatic N) is 1. The van der Waals surface area contributed by atoms with E-state index in [-0.39, 0.29) is 5.56 Å². The Morgan fingerprint density at radius 1 is 0.750 bits per heavy atom. The second kappa shape index (κ2) is 8.00. The lowest BCUT2D eigenvalue weighted by atomic mass is 10.1. The Labute approximate surface area is 160 Å². The van der Waals surface area contributed by atoms with Gasteiger partial charge in [-0.2, -0.15) is 13.2 Å². The minimum absolute atomic E-state index is 0.152. The Hall–Kier alpha value is -3.54. The fraction of sp³-hybridized carbons (Fsp3) is 0.0455. The largest absolute Gasteiger partial charge is 0.478 e. The highest BCUT2D eigenvalue weighted by Gasteiger charge is 2.38. The monoisotopic (exact) mass is 383 g/mol. The molecule has 0 aliphatic carbocycles. The van der Waals surface area contributed by atoms with Crippen LogP contribution in [0.1, 0.15) is 5.56 Å². The Morgan fingerprint density at radius 3 is 1.57 bits per heavy atom. The summed E-state index contributed by atoms with van der Waals surface area (Å²) in [6.07, 6.45) is -4.30. The van der Waals surface area contributed by atoms with Gasteiger partial charge in [0.05, 0.1) is 0 Å². The number of para-hydroxylation sites is 2. The van der Waals surface area contributed by atoms with Crippen molar-refractivity contribution in [2.45, 2.75) is 6.18 Å². The molecule has 3 nitrogen and oxygen atoms in total. The van der Waals surface area contributed by atoms with Crippen molar-refractivity contribution in [1.29, 1.82) is 0 Å². The first-order valence-electron chi connectivity index (χ1n) is 8.39. The number of carboxylic acids is 1. The van der Waals surface area contributed by atoms with Gasteiger partial charge in [-0.15, -0.1) is 0 Å². The second-order valence-corrected chi connectivity index (χ2v) is 5.96. The molecule has 0 aliphatic heterocycles. The Kier molecular flexibility index (Phi) is 5.49. The van der Waals surface area contributed by atoms with Gasteiger partial charge in [-0.1, -0.05) is 48.5 Å². The maximum atomic E-state index is 12.8. The Morgan fingerprint density at radius 2 is 1.18 bits per heavy atom. The summed E-state index contributed by atoms with van der Waals surface area (Å²) in [7, 11) is 0. The molecule has 0 radical (unpaired) electrons. The van der Waals surface area contributed by atoms with Crippen LogP contribution in [0.25, 0.3) is 6.08 Å². The molecule has 3 rings (SSSR count). The Balaban J connectivity index is 2.01. The summed E-state index contributed by atoms with van der Waals surface area (Å²) in [4.78, 5) is 12.9. The molecule has 0 fully saturated rings. The second-order valence-electron chi connectivity index (χ2n) is 5.96. The number of carboxylic acid groups (broad SMARTS) is 1. The van der Waals surface area contributed by atoms with Crippen LogP contribution in [0.5, 0.6) is 0 Å². The molecule has 0 aliphatic rings. The van der Waals surface area contributed by atoms with Gasteiger partial charge < -0.3 is 10.0 Å². The number of aliphatic carboxylic acids is 1. The molecule has 0 amide bonds. The van der Waals surface area contributed by atoms with Crippen LogP contribution in [0, 0.1) is 0 Å². The summed E-state index contributed by atoms with van der Waals surface area (Å²) in [6.45, 7) is 0. The molecule has 3 aromatic carbocycles. The van der Waals surface area contributed by atoms with Gasteiger partial charge in [0.15, 0.2) is 0 Å². The molecule has 28 heavy (non-hydrogen) atoms. The van der Waals surface area contributed by atoms with Crippen LogP contribution in [0.4, 0.5) is 30.2 Å². The normalized spacial score (nSPS) is 11.9. The van der Waals surface area contributed by atoms with Crippen LogP contribution in [0.2, 0.25) is 0 Å². The average molecular weight is 383 g/mol. The average Bonchev–Trinajstić information content (AvgIpc) is 2.68. The van der Waals surface area contributed by atoms with E-state index in [1.807, 2.05) is 65.6 Å². The van der Waals surface area contributed by atoms with E-state index in [1.54, 1.807) is 12.1 Å². The molecule has 1 N–H and O–H groups in total. The predicted octanol–water partition coefficient (Wildman–Crippen LogP) is 6.19. The molecule has 0 bridgehead atoms. The number of hydrogen-bond acceptors (Lipinski definition) is 2. The molecular formula is C22H16F3NO2. The highest BCUT2D eigenvalue weighted by molar-refractivity contribution is 5.93. The molecule has 142 valence electrons. The summed E-state index contributed by atoms with van der Waals surface area (Å²) in [5, 5.41) is 8.81. The summed E-state index contributed by atoms with van der Waals surface area (Å²) < 4.78 is 38.5. The van der Waals surface area contributed by atoms with E-state index >= 15 is 0 Å². The van der Waals surface area contributed by atoms with Crippen molar-refractivity contribution in [3.05, 3.63) is 96.1 Å². The maximum absolute atomic E-state index is 12.8. The van der Waals surface area contributed by atoms with E-state index in [2.05, 4.69) is 0 Å². The first-order chi connectivity index (χ1) is 13.4. The maximum Gasteiger partial charge on any atom is 0.423 e. The van der Waals surface area contributed by atoms with Crippen LogP contribution in [0.3, 0.4) is 0 Å². The third kappa shape index (κ3) is 4.40. The molecular weight excluding hydrogens is 367 g/mol. The van der Waals surface area contributed by atoms with E-state index in [0.717, 1.165) is 17.1 Å². The van der Waals surface area contributed by atoms with E-state index in [1.165, 1.54) is 12.1 Å². The molecule has 6 heteroatoms. The number of rotatable bonds is 5. The third-order valence-corrected chi connectivity index (χ3v) is 4.03. The van der Waals surface area contributed by atoms with Gasteiger partial charge in [0, 0.05) is 17.1 Å². The van der Waals surface area contributed by atoms with E-state index in [0.29, 0.717) is 6.08 Å². The van der Waals surface area contributed by atoms with Crippen molar-refractivity contribution in [3.8, 4) is 0 Å². The topological polar surface area (TPSA) is 40.5 Å². The van der Waals surface area contributed by atoms with Gasteiger partial charge in [-0.05, 0) is 48.0 Å². The fourth-order valence-electron chi connectivity index (χ4n) is 2.75. The molecule has 0 aromatic heterocycles. The zero-order valence-electron chi connectivity index (χ0n) is 14.6. The molecule has 0 spiro atoms. The van der Waals surface area contributed by atoms with Crippen molar-refractivity contribution in [3.63, 3.8) is 0 Å². The lowest BCUT2D eigenvalue weighted by Crippen LogP contribution is -2.19. The third-order valence-electron chi connectivity index (χ3n) is 4.03. The van der Waals surface area contributed by atoms with Gasteiger partial charge in [-0.3, -0.25) is 0 Å². The standard InChI is InChI=1S/C22H16F3NO2/c23-22(24,25)20(21(27)28)15-16-11-13-19(14-12-16)26(17-7-3-1-4-8-17)18-9-5-2-6-10-18/h1-15H,(H,27,28)/b20-15+. The van der Waals surface area contributed by atoms with Crippen molar-refractivity contribution in [2.75, 3.05) is 4.90 Å². The quantitative estimate of drug-likeness (QED) is 0.534. The summed E-state index contributed by atoms with van der Waals surface area (Å²) in [5.41, 5.74) is 1.05. The zero-order valence-corrected chi connectivity index (χ0v) is 14.6. The van der Waals surface area contributed by atoms with Gasteiger partial charge in [0.2, 0.25) is 0 Å². The predicted molar refractivity (Wildman–Crippen MR) is 103 cm³/mol. The zero-order chi connectivity index (χ0) is 20.1. The van der Waals surface area contributed by atoms with Crippen molar-refractivity contribution in [1.82, 2.24) is 0 Å². The molecule has 0 unspecified atom stereocenters. The minimum Gasteiger partial charge on any atom is -0.478 e. The fourth-order valence-corrected chi connectivity index (χ4v) is 2.75. The van der Waals surface area contributed by atoms with Gasteiger partial charge in [-0.25, -0.2) is 4.79 Å². The SMILES string of the molecule is O=C(O)/C(=C\c1ccc(N(c2ccccc2)c2ccccc2)cc1)C(F)(F)F. The van der Waals surface area contributed by atoms with Gasteiger partial charge in [0.25, 0.3) is 0 Å². The lowest BCUT2D eigenvalue weighted by Gasteiger charge is -2.25. The first kappa shape index (κ1) is 19.2. The highest BCUT2D eigenvalue weighted by atomic mass is 19.4. The van der Waals surface area contributed by atoms with E-state index < -0.39 is 17.7 Å². The molecule has 0 saturated heterocycles. The lowest BCUT2D eigenvalue weighted by molar-refractivity contribution is -0.144. The number of benzene rings is 3. The van der Waals surface area contributed by atoms with Crippen molar-refractivity contribution < 1.29 is 23.1 Å². The molecule has 0 heterocycles. The van der Waals surface area contributed by atoms with Crippen LogP contribution in [-0.2, 0) is 4.79 Å². The molecule has 0 saturated carbocycles. The first-order valence-corrected chi connectivity index (χ1v) is 8.39. The number of halogens is 3. The van der Waals surface area contributed by atoms with Gasteiger partial charge in [0.1, 0.15) is 5.57 Å². The molecule has 0 atom stereocenters. The smallest absolute Gasteiger partial charge is 0.423 e. The van der Waals surface area contributed by atoms with Crippen molar-refractivity contribution in [2.24, 2.45) is 0 Å². The summed E-state index contributed by atoms with van der Waals surface area (Å²) in [6, 6.07) is 25.3. The Bertz CT molecular complexity index is 927.